The van der Waals surface area contributed by atoms with Crippen molar-refractivity contribution in [1.29, 1.82) is 0 Å². The molecular weight excluding hydrogens is 428 g/mol. The zero-order chi connectivity index (χ0) is 23.2. The van der Waals surface area contributed by atoms with Gasteiger partial charge < -0.3 is 19.3 Å². The number of aliphatic hydroxyl groups is 1. The SMILES string of the molecule is Cc1cccn2c(C)c(/C(O)=C3\C(=O)C(=O)N(CCN(C)C)C3c3ccc(Cl)cc3)nc12. The normalized spacial score (nSPS) is 18.3. The van der Waals surface area contributed by atoms with E-state index in [0.717, 1.165) is 5.56 Å². The van der Waals surface area contributed by atoms with E-state index in [1.165, 1.54) is 4.90 Å². The zero-order valence-corrected chi connectivity index (χ0v) is 19.2. The third-order valence-electron chi connectivity index (χ3n) is 5.82. The number of likely N-dealkylation sites (N-methyl/N-ethyl adjacent to an activating group) is 1. The van der Waals surface area contributed by atoms with Crippen molar-refractivity contribution in [1.82, 2.24) is 19.2 Å². The third kappa shape index (κ3) is 3.67. The molecule has 166 valence electrons. The Kier molecular flexibility index (Phi) is 5.79. The number of hydrogen-bond donors (Lipinski definition) is 1. The number of aryl methyl sites for hydroxylation is 2. The minimum atomic E-state index is -0.725. The van der Waals surface area contributed by atoms with Crippen LogP contribution in [0.4, 0.5) is 0 Å². The fraction of sp³-hybridized carbons (Fsp3) is 0.292. The number of Topliss-reactive ketones (excluding diaryl/α,β-unsaturated/α-hetero) is 1. The molecule has 1 N–H and O–H groups in total. The van der Waals surface area contributed by atoms with Gasteiger partial charge in [-0.05, 0) is 57.3 Å². The lowest BCUT2D eigenvalue weighted by Crippen LogP contribution is -2.35. The van der Waals surface area contributed by atoms with Crippen molar-refractivity contribution in [2.45, 2.75) is 19.9 Å². The van der Waals surface area contributed by atoms with Crippen molar-refractivity contribution < 1.29 is 14.7 Å². The summed E-state index contributed by atoms with van der Waals surface area (Å²) in [6, 6.07) is 10.1. The Morgan fingerprint density at radius 2 is 1.84 bits per heavy atom. The highest BCUT2D eigenvalue weighted by Gasteiger charge is 2.46. The molecule has 1 amide bonds. The topological polar surface area (TPSA) is 78.2 Å². The number of fused-ring (bicyclic) bond motifs is 1. The number of aliphatic hydroxyl groups excluding tert-OH is 1. The lowest BCUT2D eigenvalue weighted by molar-refractivity contribution is -0.140. The molecule has 4 rings (SSSR count). The molecule has 3 aromatic rings. The number of amides is 1. The maximum atomic E-state index is 13.1. The van der Waals surface area contributed by atoms with E-state index in [2.05, 4.69) is 4.98 Å². The molecule has 1 unspecified atom stereocenters. The fourth-order valence-corrected chi connectivity index (χ4v) is 4.21. The van der Waals surface area contributed by atoms with E-state index >= 15 is 0 Å². The summed E-state index contributed by atoms with van der Waals surface area (Å²) in [5.41, 5.74) is 3.36. The van der Waals surface area contributed by atoms with Gasteiger partial charge in [0, 0.05) is 24.3 Å². The average molecular weight is 453 g/mol. The number of benzene rings is 1. The molecule has 1 fully saturated rings. The van der Waals surface area contributed by atoms with Crippen LogP contribution in [0.1, 0.15) is 28.6 Å². The van der Waals surface area contributed by atoms with Gasteiger partial charge in [-0.2, -0.15) is 0 Å². The van der Waals surface area contributed by atoms with Gasteiger partial charge in [0.2, 0.25) is 0 Å². The standard InChI is InChI=1S/C24H25ClN4O3/c1-14-6-5-11-28-15(2)19(26-23(14)28)21(30)18-20(16-7-9-17(25)10-8-16)29(13-12-27(3)4)24(32)22(18)31/h5-11,20,30H,12-13H2,1-4H3/b21-18+. The number of nitrogens with zero attached hydrogens (tertiary/aromatic N) is 4. The highest BCUT2D eigenvalue weighted by Crippen LogP contribution is 2.40. The molecule has 1 atom stereocenters. The number of aromatic nitrogens is 2. The van der Waals surface area contributed by atoms with Crippen molar-refractivity contribution in [2.75, 3.05) is 27.2 Å². The summed E-state index contributed by atoms with van der Waals surface area (Å²) in [6.45, 7) is 4.67. The van der Waals surface area contributed by atoms with Gasteiger partial charge in [-0.15, -0.1) is 0 Å². The number of ketones is 1. The summed E-state index contributed by atoms with van der Waals surface area (Å²) in [6.07, 6.45) is 1.85. The average Bonchev–Trinajstić information content (AvgIpc) is 3.22. The van der Waals surface area contributed by atoms with Crippen LogP contribution in [0.15, 0.2) is 48.2 Å². The van der Waals surface area contributed by atoms with Crippen molar-refractivity contribution >= 4 is 34.7 Å². The number of pyridine rings is 1. The Balaban J connectivity index is 1.91. The lowest BCUT2D eigenvalue weighted by atomic mass is 9.96. The van der Waals surface area contributed by atoms with Gasteiger partial charge >= 0.3 is 0 Å². The maximum Gasteiger partial charge on any atom is 0.295 e. The van der Waals surface area contributed by atoms with Crippen LogP contribution in [0.25, 0.3) is 11.4 Å². The monoisotopic (exact) mass is 452 g/mol. The van der Waals surface area contributed by atoms with E-state index in [0.29, 0.717) is 40.7 Å². The summed E-state index contributed by atoms with van der Waals surface area (Å²) < 4.78 is 1.86. The van der Waals surface area contributed by atoms with Crippen molar-refractivity contribution in [3.8, 4) is 0 Å². The van der Waals surface area contributed by atoms with E-state index in [9.17, 15) is 14.7 Å². The van der Waals surface area contributed by atoms with Crippen LogP contribution >= 0.6 is 11.6 Å². The van der Waals surface area contributed by atoms with Crippen LogP contribution in [0.3, 0.4) is 0 Å². The number of hydrogen-bond acceptors (Lipinski definition) is 5. The first-order valence-corrected chi connectivity index (χ1v) is 10.7. The largest absolute Gasteiger partial charge is 0.505 e. The number of carbonyl (C=O) groups excluding carboxylic acids is 2. The molecule has 0 spiro atoms. The molecule has 8 heteroatoms. The Bertz CT molecular complexity index is 1240. The Morgan fingerprint density at radius 3 is 2.47 bits per heavy atom. The van der Waals surface area contributed by atoms with Gasteiger partial charge in [0.1, 0.15) is 11.3 Å². The number of rotatable bonds is 5. The molecule has 32 heavy (non-hydrogen) atoms. The highest BCUT2D eigenvalue weighted by molar-refractivity contribution is 6.46. The minimum Gasteiger partial charge on any atom is -0.505 e. The molecule has 0 saturated carbocycles. The summed E-state index contributed by atoms with van der Waals surface area (Å²) in [5, 5.41) is 11.9. The van der Waals surface area contributed by atoms with Gasteiger partial charge in [-0.25, -0.2) is 4.98 Å². The second-order valence-electron chi connectivity index (χ2n) is 8.28. The van der Waals surface area contributed by atoms with E-state index in [1.807, 2.05) is 55.6 Å². The van der Waals surface area contributed by atoms with Gasteiger partial charge in [0.05, 0.1) is 17.3 Å². The summed E-state index contributed by atoms with van der Waals surface area (Å²) >= 11 is 6.06. The quantitative estimate of drug-likeness (QED) is 0.363. The molecule has 1 saturated heterocycles. The molecule has 0 bridgehead atoms. The smallest absolute Gasteiger partial charge is 0.295 e. The number of imidazole rings is 1. The highest BCUT2D eigenvalue weighted by atomic mass is 35.5. The van der Waals surface area contributed by atoms with Crippen molar-refractivity contribution in [3.63, 3.8) is 0 Å². The molecule has 1 aliphatic heterocycles. The van der Waals surface area contributed by atoms with Crippen LogP contribution in [-0.2, 0) is 9.59 Å². The van der Waals surface area contributed by atoms with Gasteiger partial charge in [-0.3, -0.25) is 9.59 Å². The van der Waals surface area contributed by atoms with Crippen LogP contribution in [0, 0.1) is 13.8 Å². The van der Waals surface area contributed by atoms with Crippen LogP contribution in [0.2, 0.25) is 5.02 Å². The van der Waals surface area contributed by atoms with E-state index in [4.69, 9.17) is 11.6 Å². The molecule has 2 aromatic heterocycles. The summed E-state index contributed by atoms with van der Waals surface area (Å²) in [7, 11) is 3.80. The first kappa shape index (κ1) is 22.0. The molecule has 1 aromatic carbocycles. The summed E-state index contributed by atoms with van der Waals surface area (Å²) in [4.78, 5) is 34.2. The summed E-state index contributed by atoms with van der Waals surface area (Å²) in [5.74, 6) is -1.61. The van der Waals surface area contributed by atoms with Gasteiger partial charge in [0.25, 0.3) is 11.7 Å². The Morgan fingerprint density at radius 1 is 1.16 bits per heavy atom. The van der Waals surface area contributed by atoms with Gasteiger partial charge in [-0.1, -0.05) is 29.8 Å². The number of carbonyl (C=O) groups is 2. The zero-order valence-electron chi connectivity index (χ0n) is 18.5. The lowest BCUT2D eigenvalue weighted by Gasteiger charge is -2.26. The van der Waals surface area contributed by atoms with Crippen molar-refractivity contribution in [3.05, 3.63) is 75.7 Å². The number of halogens is 1. The minimum absolute atomic E-state index is 0.0419. The molecule has 0 radical (unpaired) electrons. The fourth-order valence-electron chi connectivity index (χ4n) is 4.08. The van der Waals surface area contributed by atoms with E-state index in [1.54, 1.807) is 24.3 Å². The van der Waals surface area contributed by atoms with E-state index in [-0.39, 0.29) is 11.3 Å². The first-order valence-electron chi connectivity index (χ1n) is 10.3. The van der Waals surface area contributed by atoms with Crippen molar-refractivity contribution in [2.24, 2.45) is 0 Å². The van der Waals surface area contributed by atoms with Crippen LogP contribution in [-0.4, -0.2) is 63.2 Å². The van der Waals surface area contributed by atoms with Crippen LogP contribution in [0.5, 0.6) is 0 Å². The second-order valence-corrected chi connectivity index (χ2v) is 8.71. The molecule has 1 aliphatic rings. The maximum absolute atomic E-state index is 13.1. The molecule has 7 nitrogen and oxygen atoms in total. The van der Waals surface area contributed by atoms with Crippen LogP contribution < -0.4 is 0 Å². The molecule has 3 heterocycles. The Hall–Kier alpha value is -3.16. The predicted molar refractivity (Wildman–Crippen MR) is 124 cm³/mol. The predicted octanol–water partition coefficient (Wildman–Crippen LogP) is 3.59. The van der Waals surface area contributed by atoms with Gasteiger partial charge in [0.15, 0.2) is 5.76 Å². The molecule has 0 aliphatic carbocycles. The first-order chi connectivity index (χ1) is 15.2. The third-order valence-corrected chi connectivity index (χ3v) is 6.07. The molecular formula is C24H25ClN4O3. The number of likely N-dealkylation sites (tertiary alicyclic amines) is 1. The Labute approximate surface area is 191 Å². The second kappa shape index (κ2) is 8.41. The van der Waals surface area contributed by atoms with E-state index < -0.39 is 17.7 Å².